The third kappa shape index (κ3) is 7.02. The Balaban J connectivity index is 1.69. The molecular formula is C17H23ClN4O3S2. The van der Waals surface area contributed by atoms with Crippen LogP contribution in [-0.2, 0) is 16.4 Å². The summed E-state index contributed by atoms with van der Waals surface area (Å²) in [5.74, 6) is 1.44. The van der Waals surface area contributed by atoms with E-state index >= 15 is 0 Å². The standard InChI is InChI=1S/C17H23ClN4O3S2/c1-19-17(20-10-9-13-3-5-14(25-2)6-4-13)21-11-12-22-27(23,24)16-8-7-15(18)26-16/h3-8,22H,9-12H2,1-2H3,(H2,19,20,21). The van der Waals surface area contributed by atoms with E-state index in [-0.39, 0.29) is 10.8 Å². The largest absolute Gasteiger partial charge is 0.497 e. The summed E-state index contributed by atoms with van der Waals surface area (Å²) in [6, 6.07) is 10.9. The second-order valence-electron chi connectivity index (χ2n) is 5.48. The molecule has 0 bridgehead atoms. The fourth-order valence-electron chi connectivity index (χ4n) is 2.22. The molecule has 0 fully saturated rings. The smallest absolute Gasteiger partial charge is 0.250 e. The van der Waals surface area contributed by atoms with Gasteiger partial charge in [0.1, 0.15) is 9.96 Å². The number of guanidine groups is 1. The molecule has 148 valence electrons. The average molecular weight is 431 g/mol. The van der Waals surface area contributed by atoms with E-state index in [1.165, 1.54) is 11.6 Å². The molecule has 10 heteroatoms. The van der Waals surface area contributed by atoms with Crippen LogP contribution < -0.4 is 20.1 Å². The van der Waals surface area contributed by atoms with Crippen molar-refractivity contribution in [2.45, 2.75) is 10.6 Å². The van der Waals surface area contributed by atoms with Gasteiger partial charge < -0.3 is 15.4 Å². The second-order valence-corrected chi connectivity index (χ2v) is 9.19. The number of ether oxygens (including phenoxy) is 1. The second kappa shape index (κ2) is 10.5. The molecule has 1 heterocycles. The molecule has 7 nitrogen and oxygen atoms in total. The molecule has 3 N–H and O–H groups in total. The normalized spacial score (nSPS) is 12.0. The molecule has 27 heavy (non-hydrogen) atoms. The van der Waals surface area contributed by atoms with Gasteiger partial charge >= 0.3 is 0 Å². The zero-order valence-electron chi connectivity index (χ0n) is 15.2. The molecule has 0 radical (unpaired) electrons. The highest BCUT2D eigenvalue weighted by molar-refractivity contribution is 7.91. The van der Waals surface area contributed by atoms with Crippen molar-refractivity contribution < 1.29 is 13.2 Å². The number of benzene rings is 1. The molecule has 2 aromatic rings. The number of sulfonamides is 1. The van der Waals surface area contributed by atoms with Crippen molar-refractivity contribution in [3.63, 3.8) is 0 Å². The minimum absolute atomic E-state index is 0.203. The molecule has 0 aliphatic heterocycles. The summed E-state index contributed by atoms with van der Waals surface area (Å²) in [6.07, 6.45) is 0.830. The SMILES string of the molecule is CN=C(NCCNS(=O)(=O)c1ccc(Cl)s1)NCCc1ccc(OC)cc1. The van der Waals surface area contributed by atoms with Gasteiger partial charge in [-0.2, -0.15) is 0 Å². The summed E-state index contributed by atoms with van der Waals surface area (Å²) >= 11 is 6.81. The monoisotopic (exact) mass is 430 g/mol. The summed E-state index contributed by atoms with van der Waals surface area (Å²) in [7, 11) is -0.221. The van der Waals surface area contributed by atoms with E-state index in [2.05, 4.69) is 20.3 Å². The Morgan fingerprint density at radius 3 is 2.41 bits per heavy atom. The van der Waals surface area contributed by atoms with E-state index in [1.54, 1.807) is 20.2 Å². The van der Waals surface area contributed by atoms with Crippen LogP contribution in [0.25, 0.3) is 0 Å². The van der Waals surface area contributed by atoms with Crippen LogP contribution in [0.3, 0.4) is 0 Å². The van der Waals surface area contributed by atoms with Gasteiger partial charge in [0.15, 0.2) is 5.96 Å². The maximum atomic E-state index is 12.1. The van der Waals surface area contributed by atoms with Gasteiger partial charge in [0, 0.05) is 26.7 Å². The number of thiophene rings is 1. The van der Waals surface area contributed by atoms with Crippen LogP contribution in [0, 0.1) is 0 Å². The third-order valence-electron chi connectivity index (χ3n) is 3.61. The van der Waals surface area contributed by atoms with Crippen LogP contribution in [0.15, 0.2) is 45.6 Å². The zero-order chi connectivity index (χ0) is 19.7. The Hall–Kier alpha value is -1.81. The number of aliphatic imine (C=N–C) groups is 1. The highest BCUT2D eigenvalue weighted by Gasteiger charge is 2.15. The lowest BCUT2D eigenvalue weighted by Gasteiger charge is -2.12. The predicted octanol–water partition coefficient (Wildman–Crippen LogP) is 2.10. The van der Waals surface area contributed by atoms with Crippen molar-refractivity contribution in [3.8, 4) is 5.75 Å². The zero-order valence-corrected chi connectivity index (χ0v) is 17.5. The first-order valence-corrected chi connectivity index (χ1v) is 10.9. The van der Waals surface area contributed by atoms with Gasteiger partial charge in [-0.15, -0.1) is 11.3 Å². The van der Waals surface area contributed by atoms with Gasteiger partial charge in [-0.05, 0) is 36.2 Å². The highest BCUT2D eigenvalue weighted by Crippen LogP contribution is 2.25. The minimum Gasteiger partial charge on any atom is -0.497 e. The lowest BCUT2D eigenvalue weighted by molar-refractivity contribution is 0.414. The minimum atomic E-state index is -3.53. The van der Waals surface area contributed by atoms with Gasteiger partial charge in [-0.25, -0.2) is 13.1 Å². The number of halogens is 1. The molecule has 0 saturated carbocycles. The highest BCUT2D eigenvalue weighted by atomic mass is 35.5. The van der Waals surface area contributed by atoms with Crippen molar-refractivity contribution >= 4 is 38.9 Å². The molecule has 0 atom stereocenters. The fraction of sp³-hybridized carbons (Fsp3) is 0.353. The lowest BCUT2D eigenvalue weighted by atomic mass is 10.1. The summed E-state index contributed by atoms with van der Waals surface area (Å²) in [6.45, 7) is 1.34. The molecule has 0 saturated heterocycles. The predicted molar refractivity (Wildman–Crippen MR) is 111 cm³/mol. The van der Waals surface area contributed by atoms with Gasteiger partial charge in [0.25, 0.3) is 0 Å². The van der Waals surface area contributed by atoms with Crippen LogP contribution >= 0.6 is 22.9 Å². The third-order valence-corrected chi connectivity index (χ3v) is 6.80. The van der Waals surface area contributed by atoms with Crippen molar-refractivity contribution in [2.24, 2.45) is 4.99 Å². The van der Waals surface area contributed by atoms with Gasteiger partial charge in [-0.3, -0.25) is 4.99 Å². The van der Waals surface area contributed by atoms with Crippen molar-refractivity contribution in [3.05, 3.63) is 46.3 Å². The number of methoxy groups -OCH3 is 1. The maximum Gasteiger partial charge on any atom is 0.250 e. The molecular weight excluding hydrogens is 408 g/mol. The van der Waals surface area contributed by atoms with E-state index < -0.39 is 10.0 Å². The number of hydrogen-bond acceptors (Lipinski definition) is 5. The van der Waals surface area contributed by atoms with Gasteiger partial charge in [0.2, 0.25) is 10.0 Å². The molecule has 0 spiro atoms. The Morgan fingerprint density at radius 1 is 1.11 bits per heavy atom. The average Bonchev–Trinajstić information content (AvgIpc) is 3.11. The number of rotatable bonds is 9. The molecule has 0 aliphatic carbocycles. The van der Waals surface area contributed by atoms with Crippen LogP contribution in [0.5, 0.6) is 5.75 Å². The first-order chi connectivity index (χ1) is 12.9. The number of hydrogen-bond donors (Lipinski definition) is 3. The van der Waals surface area contributed by atoms with Crippen molar-refractivity contribution in [2.75, 3.05) is 33.8 Å². The Kier molecular flexibility index (Phi) is 8.36. The fourth-order valence-corrected chi connectivity index (χ4v) is 4.78. The van der Waals surface area contributed by atoms with E-state index in [1.807, 2.05) is 24.3 Å². The quantitative estimate of drug-likeness (QED) is 0.322. The lowest BCUT2D eigenvalue weighted by Crippen LogP contribution is -2.42. The Bertz CT molecular complexity index is 851. The van der Waals surface area contributed by atoms with E-state index in [0.717, 1.165) is 23.5 Å². The van der Waals surface area contributed by atoms with E-state index in [4.69, 9.17) is 16.3 Å². The number of nitrogens with zero attached hydrogens (tertiary/aromatic N) is 1. The first kappa shape index (κ1) is 21.5. The Labute approximate surface area is 168 Å². The van der Waals surface area contributed by atoms with Crippen molar-refractivity contribution in [1.82, 2.24) is 15.4 Å². The maximum absolute atomic E-state index is 12.1. The summed E-state index contributed by atoms with van der Waals surface area (Å²) in [5, 5.41) is 6.27. The summed E-state index contributed by atoms with van der Waals surface area (Å²) < 4.78 is 32.5. The topological polar surface area (TPSA) is 91.8 Å². The molecule has 0 unspecified atom stereocenters. The van der Waals surface area contributed by atoms with Gasteiger partial charge in [0.05, 0.1) is 11.4 Å². The number of nitrogens with one attached hydrogen (secondary N) is 3. The molecule has 1 aromatic carbocycles. The summed E-state index contributed by atoms with van der Waals surface area (Å²) in [5.41, 5.74) is 1.18. The summed E-state index contributed by atoms with van der Waals surface area (Å²) in [4.78, 5) is 4.12. The molecule has 0 aliphatic rings. The van der Waals surface area contributed by atoms with Crippen LogP contribution in [0.4, 0.5) is 0 Å². The van der Waals surface area contributed by atoms with Gasteiger partial charge in [-0.1, -0.05) is 23.7 Å². The van der Waals surface area contributed by atoms with Crippen molar-refractivity contribution in [1.29, 1.82) is 0 Å². The first-order valence-electron chi connectivity index (χ1n) is 8.27. The van der Waals surface area contributed by atoms with Crippen LogP contribution in [-0.4, -0.2) is 48.2 Å². The molecule has 0 amide bonds. The van der Waals surface area contributed by atoms with Crippen LogP contribution in [0.1, 0.15) is 5.56 Å². The van der Waals surface area contributed by atoms with E-state index in [9.17, 15) is 8.42 Å². The van der Waals surface area contributed by atoms with E-state index in [0.29, 0.717) is 23.4 Å². The van der Waals surface area contributed by atoms with Crippen LogP contribution in [0.2, 0.25) is 4.34 Å². The molecule has 2 rings (SSSR count). The molecule has 1 aromatic heterocycles. The Morgan fingerprint density at radius 2 is 1.81 bits per heavy atom.